The fourth-order valence-electron chi connectivity index (χ4n) is 0.669. The zero-order chi connectivity index (χ0) is 7.72. The zero-order valence-electron chi connectivity index (χ0n) is 5.72. The Bertz CT molecular complexity index is 239. The van der Waals surface area contributed by atoms with E-state index in [1.807, 2.05) is 13.8 Å². The van der Waals surface area contributed by atoms with Crippen LogP contribution in [0.15, 0.2) is 9.63 Å². The molecule has 1 rings (SSSR count). The van der Waals surface area contributed by atoms with E-state index >= 15 is 0 Å². The first kappa shape index (κ1) is 8.01. The molecule has 54 valence electrons. The summed E-state index contributed by atoms with van der Waals surface area (Å²) in [5.74, 6) is 0. The van der Waals surface area contributed by atoms with Gasteiger partial charge in [0, 0.05) is 4.90 Å². The average molecular weight is 219 g/mol. The molecule has 0 aliphatic rings. The summed E-state index contributed by atoms with van der Waals surface area (Å²) >= 11 is 7.40. The molecule has 0 unspecified atom stereocenters. The summed E-state index contributed by atoms with van der Waals surface area (Å²) < 4.78 is 0.625. The smallest absolute Gasteiger partial charge is 0.197 e. The maximum atomic E-state index is 4.21. The molecule has 1 heterocycles. The van der Waals surface area contributed by atoms with Crippen molar-refractivity contribution in [1.82, 2.24) is 9.97 Å². The highest BCUT2D eigenvalue weighted by atomic mass is 79.9. The fourth-order valence-corrected chi connectivity index (χ4v) is 1.30. The summed E-state index contributed by atoms with van der Waals surface area (Å²) in [6.07, 6.45) is 0. The van der Waals surface area contributed by atoms with Crippen molar-refractivity contribution >= 4 is 28.6 Å². The largest absolute Gasteiger partial charge is 0.226 e. The van der Waals surface area contributed by atoms with Crippen LogP contribution in [0.3, 0.4) is 0 Å². The molecular weight excluding hydrogens is 212 g/mol. The van der Waals surface area contributed by atoms with Gasteiger partial charge in [0.05, 0.1) is 11.4 Å². The summed E-state index contributed by atoms with van der Waals surface area (Å²) in [5.41, 5.74) is 1.81. The van der Waals surface area contributed by atoms with Crippen LogP contribution >= 0.6 is 28.6 Å². The van der Waals surface area contributed by atoms with Crippen LogP contribution in [0.1, 0.15) is 11.4 Å². The molecule has 0 aliphatic carbocycles. The number of halogens is 1. The van der Waals surface area contributed by atoms with Crippen LogP contribution in [-0.4, -0.2) is 9.97 Å². The molecule has 0 radical (unpaired) electrons. The van der Waals surface area contributed by atoms with Gasteiger partial charge in [-0.15, -0.1) is 12.6 Å². The number of aryl methyl sites for hydroxylation is 2. The van der Waals surface area contributed by atoms with Gasteiger partial charge in [-0.3, -0.25) is 0 Å². The van der Waals surface area contributed by atoms with Gasteiger partial charge >= 0.3 is 0 Å². The number of hydrogen-bond acceptors (Lipinski definition) is 3. The quantitative estimate of drug-likeness (QED) is 0.534. The lowest BCUT2D eigenvalue weighted by atomic mass is 10.4. The highest BCUT2D eigenvalue weighted by Crippen LogP contribution is 2.15. The minimum Gasteiger partial charge on any atom is -0.226 e. The summed E-state index contributed by atoms with van der Waals surface area (Å²) in [7, 11) is 0. The highest BCUT2D eigenvalue weighted by Gasteiger charge is 2.01. The summed E-state index contributed by atoms with van der Waals surface area (Å²) in [6.45, 7) is 3.81. The van der Waals surface area contributed by atoms with Gasteiger partial charge in [0.15, 0.2) is 4.73 Å². The molecule has 0 N–H and O–H groups in total. The van der Waals surface area contributed by atoms with Crippen LogP contribution in [0.4, 0.5) is 0 Å². The van der Waals surface area contributed by atoms with Gasteiger partial charge in [-0.25, -0.2) is 9.97 Å². The van der Waals surface area contributed by atoms with Gasteiger partial charge in [-0.1, -0.05) is 0 Å². The SMILES string of the molecule is Cc1nc(Br)nc(C)c1S. The van der Waals surface area contributed by atoms with Crippen LogP contribution in [0.2, 0.25) is 0 Å². The number of aromatic nitrogens is 2. The third kappa shape index (κ3) is 1.49. The molecule has 10 heavy (non-hydrogen) atoms. The van der Waals surface area contributed by atoms with E-state index in [1.165, 1.54) is 0 Å². The van der Waals surface area contributed by atoms with E-state index in [9.17, 15) is 0 Å². The third-order valence-electron chi connectivity index (χ3n) is 1.21. The van der Waals surface area contributed by atoms with Crippen molar-refractivity contribution in [2.75, 3.05) is 0 Å². The topological polar surface area (TPSA) is 25.8 Å². The number of hydrogen-bond donors (Lipinski definition) is 1. The predicted octanol–water partition coefficient (Wildman–Crippen LogP) is 2.14. The Hall–Kier alpha value is -0.0900. The van der Waals surface area contributed by atoms with Gasteiger partial charge in [-0.05, 0) is 29.8 Å². The molecule has 0 aromatic carbocycles. The molecule has 1 aromatic heterocycles. The molecule has 0 fully saturated rings. The Morgan fingerprint density at radius 3 is 2.00 bits per heavy atom. The van der Waals surface area contributed by atoms with Gasteiger partial charge in [-0.2, -0.15) is 0 Å². The number of thiol groups is 1. The van der Waals surface area contributed by atoms with Crippen LogP contribution in [0.5, 0.6) is 0 Å². The lowest BCUT2D eigenvalue weighted by molar-refractivity contribution is 0.945. The molecular formula is C6H7BrN2S. The first-order valence-electron chi connectivity index (χ1n) is 2.81. The lowest BCUT2D eigenvalue weighted by Crippen LogP contribution is -1.92. The first-order valence-corrected chi connectivity index (χ1v) is 4.05. The van der Waals surface area contributed by atoms with Crippen molar-refractivity contribution in [3.63, 3.8) is 0 Å². The first-order chi connectivity index (χ1) is 4.61. The molecule has 2 nitrogen and oxygen atoms in total. The molecule has 0 saturated carbocycles. The second-order valence-electron chi connectivity index (χ2n) is 2.01. The van der Waals surface area contributed by atoms with E-state index < -0.39 is 0 Å². The molecule has 0 amide bonds. The van der Waals surface area contributed by atoms with Crippen molar-refractivity contribution < 1.29 is 0 Å². The fraction of sp³-hybridized carbons (Fsp3) is 0.333. The normalized spacial score (nSPS) is 10.0. The van der Waals surface area contributed by atoms with Gasteiger partial charge in [0.25, 0.3) is 0 Å². The molecule has 0 saturated heterocycles. The predicted molar refractivity (Wildman–Crippen MR) is 46.5 cm³/mol. The van der Waals surface area contributed by atoms with E-state index in [4.69, 9.17) is 0 Å². The standard InChI is InChI=1S/C6H7BrN2S/c1-3-5(10)4(2)9-6(7)8-3/h10H,1-2H3. The Labute approximate surface area is 73.6 Å². The Morgan fingerprint density at radius 2 is 1.60 bits per heavy atom. The second-order valence-corrected chi connectivity index (χ2v) is 3.17. The van der Waals surface area contributed by atoms with Gasteiger partial charge in [0.2, 0.25) is 0 Å². The number of nitrogens with zero attached hydrogens (tertiary/aromatic N) is 2. The van der Waals surface area contributed by atoms with Gasteiger partial charge in [0.1, 0.15) is 0 Å². The Morgan fingerprint density at radius 1 is 1.20 bits per heavy atom. The van der Waals surface area contributed by atoms with Crippen molar-refractivity contribution in [1.29, 1.82) is 0 Å². The van der Waals surface area contributed by atoms with Crippen LogP contribution in [0, 0.1) is 13.8 Å². The molecule has 0 spiro atoms. The monoisotopic (exact) mass is 218 g/mol. The summed E-state index contributed by atoms with van der Waals surface area (Å²) in [4.78, 5) is 8.99. The van der Waals surface area contributed by atoms with Crippen molar-refractivity contribution in [2.45, 2.75) is 18.7 Å². The third-order valence-corrected chi connectivity index (χ3v) is 2.21. The maximum Gasteiger partial charge on any atom is 0.197 e. The van der Waals surface area contributed by atoms with E-state index in [2.05, 4.69) is 38.5 Å². The van der Waals surface area contributed by atoms with Crippen molar-refractivity contribution in [2.24, 2.45) is 0 Å². The molecule has 4 heteroatoms. The Balaban J connectivity index is 3.31. The zero-order valence-corrected chi connectivity index (χ0v) is 8.20. The van der Waals surface area contributed by atoms with E-state index in [0.29, 0.717) is 4.73 Å². The van der Waals surface area contributed by atoms with Gasteiger partial charge < -0.3 is 0 Å². The maximum absolute atomic E-state index is 4.21. The highest BCUT2D eigenvalue weighted by molar-refractivity contribution is 9.10. The van der Waals surface area contributed by atoms with Crippen molar-refractivity contribution in [3.8, 4) is 0 Å². The summed E-state index contributed by atoms with van der Waals surface area (Å²) in [5, 5.41) is 0. The summed E-state index contributed by atoms with van der Waals surface area (Å²) in [6, 6.07) is 0. The van der Waals surface area contributed by atoms with Crippen LogP contribution < -0.4 is 0 Å². The molecule has 0 atom stereocenters. The Kier molecular flexibility index (Phi) is 2.31. The minimum atomic E-state index is 0.625. The minimum absolute atomic E-state index is 0.625. The van der Waals surface area contributed by atoms with E-state index in [0.717, 1.165) is 16.3 Å². The average Bonchev–Trinajstić information content (AvgIpc) is 1.82. The number of rotatable bonds is 0. The van der Waals surface area contributed by atoms with E-state index in [1.54, 1.807) is 0 Å². The van der Waals surface area contributed by atoms with E-state index in [-0.39, 0.29) is 0 Å². The van der Waals surface area contributed by atoms with Crippen LogP contribution in [0.25, 0.3) is 0 Å². The molecule has 0 aliphatic heterocycles. The van der Waals surface area contributed by atoms with Crippen molar-refractivity contribution in [3.05, 3.63) is 16.1 Å². The molecule has 0 bridgehead atoms. The lowest BCUT2D eigenvalue weighted by Gasteiger charge is -2.00. The molecule has 1 aromatic rings. The second kappa shape index (κ2) is 2.88. The van der Waals surface area contributed by atoms with Crippen LogP contribution in [-0.2, 0) is 0 Å².